The van der Waals surface area contributed by atoms with Crippen LogP contribution in [0, 0.1) is 11.3 Å². The molecular formula is C16H20N2O2S. The van der Waals surface area contributed by atoms with Crippen molar-refractivity contribution in [1.82, 2.24) is 4.98 Å². The van der Waals surface area contributed by atoms with Crippen molar-refractivity contribution < 1.29 is 9.53 Å². The Morgan fingerprint density at radius 3 is 2.81 bits per heavy atom. The van der Waals surface area contributed by atoms with Crippen molar-refractivity contribution in [3.8, 4) is 6.07 Å². The average Bonchev–Trinajstić information content (AvgIpc) is 2.93. The molecule has 1 aliphatic rings. The SMILES string of the molecule is CC(C)OC(=O)C(C#N)=Cc1cnc(C2CCCCC2)s1. The first kappa shape index (κ1) is 15.7. The number of hydrogen-bond donors (Lipinski definition) is 0. The molecule has 0 atom stereocenters. The smallest absolute Gasteiger partial charge is 0.349 e. The second-order valence-electron chi connectivity index (χ2n) is 5.56. The summed E-state index contributed by atoms with van der Waals surface area (Å²) in [5.41, 5.74) is 0.0301. The summed E-state index contributed by atoms with van der Waals surface area (Å²) in [4.78, 5) is 17.1. The van der Waals surface area contributed by atoms with Gasteiger partial charge in [0.05, 0.1) is 11.1 Å². The number of esters is 1. The molecule has 21 heavy (non-hydrogen) atoms. The maximum Gasteiger partial charge on any atom is 0.349 e. The van der Waals surface area contributed by atoms with E-state index in [9.17, 15) is 4.79 Å². The van der Waals surface area contributed by atoms with Gasteiger partial charge in [0.25, 0.3) is 0 Å². The number of carbonyl (C=O) groups excluding carboxylic acids is 1. The van der Waals surface area contributed by atoms with Gasteiger partial charge in [0.1, 0.15) is 11.6 Å². The van der Waals surface area contributed by atoms with Crippen molar-refractivity contribution in [1.29, 1.82) is 5.26 Å². The molecule has 0 saturated heterocycles. The number of nitriles is 1. The lowest BCUT2D eigenvalue weighted by Gasteiger charge is -2.18. The van der Waals surface area contributed by atoms with E-state index in [1.807, 2.05) is 6.07 Å². The number of ether oxygens (including phenoxy) is 1. The molecule has 2 rings (SSSR count). The second-order valence-corrected chi connectivity index (χ2v) is 6.65. The molecule has 4 nitrogen and oxygen atoms in total. The van der Waals surface area contributed by atoms with E-state index >= 15 is 0 Å². The highest BCUT2D eigenvalue weighted by Crippen LogP contribution is 2.35. The summed E-state index contributed by atoms with van der Waals surface area (Å²) in [5, 5.41) is 10.2. The van der Waals surface area contributed by atoms with E-state index in [1.54, 1.807) is 37.5 Å². The fourth-order valence-electron chi connectivity index (χ4n) is 2.46. The molecule has 1 aromatic heterocycles. The van der Waals surface area contributed by atoms with Crippen molar-refractivity contribution in [2.24, 2.45) is 0 Å². The Balaban J connectivity index is 2.10. The minimum absolute atomic E-state index is 0.0301. The highest BCUT2D eigenvalue weighted by molar-refractivity contribution is 7.12. The van der Waals surface area contributed by atoms with Gasteiger partial charge in [-0.3, -0.25) is 0 Å². The van der Waals surface area contributed by atoms with Crippen LogP contribution in [0.5, 0.6) is 0 Å². The van der Waals surface area contributed by atoms with Crippen LogP contribution in [0.15, 0.2) is 11.8 Å². The lowest BCUT2D eigenvalue weighted by atomic mass is 9.90. The van der Waals surface area contributed by atoms with Gasteiger partial charge in [0, 0.05) is 17.0 Å². The first-order valence-electron chi connectivity index (χ1n) is 7.38. The summed E-state index contributed by atoms with van der Waals surface area (Å²) in [6.45, 7) is 3.53. The summed E-state index contributed by atoms with van der Waals surface area (Å²) in [6.07, 6.45) is 9.32. The third-order valence-corrected chi connectivity index (χ3v) is 4.57. The average molecular weight is 304 g/mol. The Morgan fingerprint density at radius 1 is 1.48 bits per heavy atom. The zero-order valence-corrected chi connectivity index (χ0v) is 13.3. The molecule has 0 aliphatic heterocycles. The van der Waals surface area contributed by atoms with Gasteiger partial charge in [-0.05, 0) is 32.8 Å². The number of nitrogens with zero attached hydrogens (tertiary/aromatic N) is 2. The maximum atomic E-state index is 11.8. The van der Waals surface area contributed by atoms with Crippen LogP contribution >= 0.6 is 11.3 Å². The van der Waals surface area contributed by atoms with E-state index in [0.29, 0.717) is 5.92 Å². The van der Waals surface area contributed by atoms with E-state index < -0.39 is 5.97 Å². The highest BCUT2D eigenvalue weighted by atomic mass is 32.1. The maximum absolute atomic E-state index is 11.8. The molecule has 0 aromatic carbocycles. The first-order chi connectivity index (χ1) is 10.1. The number of carbonyl (C=O) groups is 1. The van der Waals surface area contributed by atoms with Crippen molar-refractivity contribution in [3.05, 3.63) is 21.7 Å². The minimum atomic E-state index is -0.569. The summed E-state index contributed by atoms with van der Waals surface area (Å²) >= 11 is 1.57. The Hall–Kier alpha value is -1.67. The van der Waals surface area contributed by atoms with Gasteiger partial charge < -0.3 is 4.74 Å². The normalized spacial score (nSPS) is 16.8. The largest absolute Gasteiger partial charge is 0.459 e. The van der Waals surface area contributed by atoms with Crippen molar-refractivity contribution in [3.63, 3.8) is 0 Å². The van der Waals surface area contributed by atoms with E-state index in [0.717, 1.165) is 9.88 Å². The molecule has 5 heteroatoms. The van der Waals surface area contributed by atoms with Crippen LogP contribution in [0.4, 0.5) is 0 Å². The van der Waals surface area contributed by atoms with Gasteiger partial charge in [0.15, 0.2) is 0 Å². The van der Waals surface area contributed by atoms with E-state index in [-0.39, 0.29) is 11.7 Å². The third-order valence-electron chi connectivity index (χ3n) is 3.47. The van der Waals surface area contributed by atoms with Gasteiger partial charge in [-0.2, -0.15) is 5.26 Å². The Labute approximate surface area is 129 Å². The van der Waals surface area contributed by atoms with E-state index in [2.05, 4.69) is 4.98 Å². The van der Waals surface area contributed by atoms with Crippen LogP contribution in [0.1, 0.15) is 61.8 Å². The van der Waals surface area contributed by atoms with E-state index in [4.69, 9.17) is 10.00 Å². The summed E-state index contributed by atoms with van der Waals surface area (Å²) < 4.78 is 5.05. The molecule has 1 aromatic rings. The molecule has 0 N–H and O–H groups in total. The standard InChI is InChI=1S/C16H20N2O2S/c1-11(2)20-16(19)13(9-17)8-14-10-18-15(21-14)12-6-4-3-5-7-12/h8,10-12H,3-7H2,1-2H3. The molecular weight excluding hydrogens is 284 g/mol. The predicted molar refractivity (Wildman–Crippen MR) is 82.8 cm³/mol. The topological polar surface area (TPSA) is 63.0 Å². The second kappa shape index (κ2) is 7.37. The fraction of sp³-hybridized carbons (Fsp3) is 0.562. The fourth-order valence-corrected chi connectivity index (χ4v) is 3.49. The molecule has 1 saturated carbocycles. The number of rotatable bonds is 4. The summed E-state index contributed by atoms with van der Waals surface area (Å²) in [6, 6.07) is 1.91. The zero-order chi connectivity index (χ0) is 15.2. The highest BCUT2D eigenvalue weighted by Gasteiger charge is 2.19. The molecule has 0 bridgehead atoms. The lowest BCUT2D eigenvalue weighted by molar-refractivity contribution is -0.142. The first-order valence-corrected chi connectivity index (χ1v) is 8.20. The van der Waals surface area contributed by atoms with E-state index in [1.165, 1.54) is 32.1 Å². The summed E-state index contributed by atoms with van der Waals surface area (Å²) in [7, 11) is 0. The van der Waals surface area contributed by atoms with Crippen LogP contribution in [0.25, 0.3) is 6.08 Å². The Bertz CT molecular complexity index is 563. The minimum Gasteiger partial charge on any atom is -0.459 e. The molecule has 1 aliphatic carbocycles. The molecule has 1 fully saturated rings. The van der Waals surface area contributed by atoms with Gasteiger partial charge in [-0.25, -0.2) is 9.78 Å². The molecule has 0 amide bonds. The monoisotopic (exact) mass is 304 g/mol. The Kier molecular flexibility index (Phi) is 5.51. The molecule has 1 heterocycles. The molecule has 112 valence electrons. The lowest BCUT2D eigenvalue weighted by Crippen LogP contribution is -2.12. The van der Waals surface area contributed by atoms with Crippen LogP contribution in [-0.2, 0) is 9.53 Å². The quantitative estimate of drug-likeness (QED) is 0.478. The van der Waals surface area contributed by atoms with Crippen LogP contribution < -0.4 is 0 Å². The Morgan fingerprint density at radius 2 is 2.19 bits per heavy atom. The molecule has 0 radical (unpaired) electrons. The molecule has 0 unspecified atom stereocenters. The number of aromatic nitrogens is 1. The predicted octanol–water partition coefficient (Wildman–Crippen LogP) is 4.05. The van der Waals surface area contributed by atoms with Crippen LogP contribution in [0.2, 0.25) is 0 Å². The zero-order valence-electron chi connectivity index (χ0n) is 12.5. The van der Waals surface area contributed by atoms with Gasteiger partial charge >= 0.3 is 5.97 Å². The van der Waals surface area contributed by atoms with Gasteiger partial charge in [-0.15, -0.1) is 11.3 Å². The van der Waals surface area contributed by atoms with Gasteiger partial charge in [-0.1, -0.05) is 19.3 Å². The number of hydrogen-bond acceptors (Lipinski definition) is 5. The van der Waals surface area contributed by atoms with Crippen molar-refractivity contribution in [2.45, 2.75) is 58.0 Å². The van der Waals surface area contributed by atoms with Crippen LogP contribution in [-0.4, -0.2) is 17.1 Å². The van der Waals surface area contributed by atoms with Crippen molar-refractivity contribution >= 4 is 23.4 Å². The van der Waals surface area contributed by atoms with Crippen LogP contribution in [0.3, 0.4) is 0 Å². The summed E-state index contributed by atoms with van der Waals surface area (Å²) in [5.74, 6) is -0.0285. The van der Waals surface area contributed by atoms with Crippen molar-refractivity contribution in [2.75, 3.05) is 0 Å². The third kappa shape index (κ3) is 4.40. The number of thiazole rings is 1. The van der Waals surface area contributed by atoms with Gasteiger partial charge in [0.2, 0.25) is 0 Å². The molecule has 0 spiro atoms.